The van der Waals surface area contributed by atoms with E-state index in [-0.39, 0.29) is 29.1 Å². The zero-order valence-electron chi connectivity index (χ0n) is 14.7. The number of hydrogen-bond acceptors (Lipinski definition) is 7. The fourth-order valence-corrected chi connectivity index (χ4v) is 5.42. The molecule has 8 nitrogen and oxygen atoms in total. The average molecular weight is 401 g/mol. The molecule has 1 fully saturated rings. The largest absolute Gasteiger partial charge is 0.478 e. The molecule has 2 aliphatic heterocycles. The predicted molar refractivity (Wildman–Crippen MR) is 96.8 cm³/mol. The molecule has 0 aromatic heterocycles. The highest BCUT2D eigenvalue weighted by Gasteiger charge is 2.61. The van der Waals surface area contributed by atoms with Gasteiger partial charge in [-0.2, -0.15) is 11.8 Å². The van der Waals surface area contributed by atoms with Crippen LogP contribution in [0.15, 0.2) is 35.4 Å². The van der Waals surface area contributed by atoms with Crippen LogP contribution in [0.4, 0.5) is 0 Å². The maximum atomic E-state index is 12.9. The van der Waals surface area contributed by atoms with Gasteiger partial charge in [-0.3, -0.25) is 24.1 Å². The molecule has 3 atom stereocenters. The van der Waals surface area contributed by atoms with E-state index in [1.54, 1.807) is 12.1 Å². The maximum Gasteiger partial charge on any atom is 0.332 e. The molecule has 9 heteroatoms. The van der Waals surface area contributed by atoms with Crippen LogP contribution in [0, 0.1) is 5.92 Å². The first-order valence-electron chi connectivity index (χ1n) is 8.53. The van der Waals surface area contributed by atoms with E-state index in [1.165, 1.54) is 30.8 Å². The molecule has 1 N–H and O–H groups in total. The number of carbonyl (C=O) groups is 5. The molecule has 1 aliphatic carbocycles. The number of carboxylic acid groups (broad SMARTS) is 1. The maximum absolute atomic E-state index is 12.9. The van der Waals surface area contributed by atoms with E-state index in [2.05, 4.69) is 0 Å². The van der Waals surface area contributed by atoms with Gasteiger partial charge in [0.2, 0.25) is 0 Å². The van der Waals surface area contributed by atoms with Crippen molar-refractivity contribution in [2.75, 3.05) is 12.4 Å². The lowest BCUT2D eigenvalue weighted by atomic mass is 9.71. The number of hydrogen-bond donors (Lipinski definition) is 1. The number of Topliss-reactive ketones (excluding diaryl/α,β-unsaturated/α-hetero) is 1. The number of carbonyl (C=O) groups excluding carboxylic acids is 4. The minimum absolute atomic E-state index is 0.0946. The van der Waals surface area contributed by atoms with E-state index >= 15 is 0 Å². The molecule has 3 aliphatic rings. The van der Waals surface area contributed by atoms with Crippen molar-refractivity contribution in [3.05, 3.63) is 46.5 Å². The smallest absolute Gasteiger partial charge is 0.332 e. The Bertz CT molecular complexity index is 947. The van der Waals surface area contributed by atoms with E-state index in [1.807, 2.05) is 0 Å². The van der Waals surface area contributed by atoms with Gasteiger partial charge in [0.25, 0.3) is 11.8 Å². The first kappa shape index (κ1) is 18.4. The van der Waals surface area contributed by atoms with Crippen molar-refractivity contribution in [1.82, 2.24) is 4.90 Å². The number of aliphatic carboxylic acids is 1. The second-order valence-electron chi connectivity index (χ2n) is 6.73. The molecule has 1 aromatic rings. The number of fused-ring (bicyclic) bond motifs is 2. The normalized spacial score (nSPS) is 26.0. The number of nitrogens with zero attached hydrogens (tertiary/aromatic N) is 1. The summed E-state index contributed by atoms with van der Waals surface area (Å²) in [5.41, 5.74) is 0.759. The minimum Gasteiger partial charge on any atom is -0.478 e. The van der Waals surface area contributed by atoms with E-state index in [4.69, 9.17) is 4.74 Å². The molecule has 144 valence electrons. The number of thioether (sulfide) groups is 1. The van der Waals surface area contributed by atoms with Crippen LogP contribution in [0.25, 0.3) is 0 Å². The number of rotatable bonds is 4. The highest BCUT2D eigenvalue weighted by Crippen LogP contribution is 2.48. The van der Waals surface area contributed by atoms with Gasteiger partial charge >= 0.3 is 11.9 Å². The van der Waals surface area contributed by atoms with Crippen molar-refractivity contribution in [2.24, 2.45) is 5.92 Å². The van der Waals surface area contributed by atoms with E-state index in [0.29, 0.717) is 5.57 Å². The number of esters is 1. The van der Waals surface area contributed by atoms with Gasteiger partial charge in [0.05, 0.1) is 22.6 Å². The summed E-state index contributed by atoms with van der Waals surface area (Å²) in [4.78, 5) is 62.0. The van der Waals surface area contributed by atoms with Crippen molar-refractivity contribution in [2.45, 2.75) is 18.2 Å². The summed E-state index contributed by atoms with van der Waals surface area (Å²) in [6, 6.07) is 5.35. The van der Waals surface area contributed by atoms with Gasteiger partial charge in [0.15, 0.2) is 5.78 Å². The van der Waals surface area contributed by atoms with Gasteiger partial charge in [-0.25, -0.2) is 4.79 Å². The van der Waals surface area contributed by atoms with Gasteiger partial charge < -0.3 is 9.84 Å². The average Bonchev–Trinajstić information content (AvgIpc) is 2.91. The number of amides is 2. The van der Waals surface area contributed by atoms with Crippen LogP contribution in [-0.4, -0.2) is 63.2 Å². The topological polar surface area (TPSA) is 118 Å². The Kier molecular flexibility index (Phi) is 4.34. The van der Waals surface area contributed by atoms with Crippen LogP contribution in [0.3, 0.4) is 0 Å². The Labute approximate surface area is 163 Å². The van der Waals surface area contributed by atoms with Gasteiger partial charge in [-0.15, -0.1) is 0 Å². The number of ketones is 1. The van der Waals surface area contributed by atoms with Crippen LogP contribution < -0.4 is 0 Å². The van der Waals surface area contributed by atoms with Crippen LogP contribution in [0.1, 0.15) is 27.6 Å². The summed E-state index contributed by atoms with van der Waals surface area (Å²) in [6.07, 6.45) is 0. The summed E-state index contributed by atoms with van der Waals surface area (Å²) in [6.45, 7) is 1.02. The van der Waals surface area contributed by atoms with Gasteiger partial charge in [-0.1, -0.05) is 12.1 Å². The third kappa shape index (κ3) is 2.57. The Morgan fingerprint density at radius 1 is 1.18 bits per heavy atom. The lowest BCUT2D eigenvalue weighted by molar-refractivity contribution is -0.141. The lowest BCUT2D eigenvalue weighted by Gasteiger charge is -2.48. The molecule has 4 rings (SSSR count). The van der Waals surface area contributed by atoms with Crippen molar-refractivity contribution in [3.8, 4) is 0 Å². The van der Waals surface area contributed by atoms with Crippen LogP contribution in [-0.2, 0) is 19.1 Å². The summed E-state index contributed by atoms with van der Waals surface area (Å²) < 4.78 is 4.90. The van der Waals surface area contributed by atoms with Crippen molar-refractivity contribution in [1.29, 1.82) is 0 Å². The number of carboxylic acids is 1. The molecular formula is C19H15NO7S. The minimum atomic E-state index is -1.26. The molecular weight excluding hydrogens is 386 g/mol. The fraction of sp³-hybridized carbons (Fsp3) is 0.316. The number of ether oxygens (including phenoxy) is 1. The summed E-state index contributed by atoms with van der Waals surface area (Å²) in [5.74, 6) is -4.06. The van der Waals surface area contributed by atoms with Crippen LogP contribution in [0.2, 0.25) is 0 Å². The van der Waals surface area contributed by atoms with Gasteiger partial charge in [-0.05, 0) is 17.7 Å². The van der Waals surface area contributed by atoms with E-state index < -0.39 is 46.7 Å². The molecule has 1 unspecified atom stereocenters. The lowest BCUT2D eigenvalue weighted by Crippen LogP contribution is -2.66. The van der Waals surface area contributed by atoms with Crippen LogP contribution >= 0.6 is 11.8 Å². The molecule has 28 heavy (non-hydrogen) atoms. The Morgan fingerprint density at radius 3 is 2.32 bits per heavy atom. The van der Waals surface area contributed by atoms with Crippen molar-refractivity contribution >= 4 is 41.3 Å². The third-order valence-corrected chi connectivity index (χ3v) is 6.59. The van der Waals surface area contributed by atoms with Crippen LogP contribution in [0.5, 0.6) is 0 Å². The molecule has 0 saturated heterocycles. The molecule has 0 bridgehead atoms. The zero-order chi connectivity index (χ0) is 20.2. The molecule has 2 heterocycles. The van der Waals surface area contributed by atoms with Crippen molar-refractivity contribution < 1.29 is 33.8 Å². The summed E-state index contributed by atoms with van der Waals surface area (Å²) in [5, 5.41) is 9.08. The molecule has 0 spiro atoms. The molecule has 2 amide bonds. The molecule has 0 radical (unpaired) electrons. The summed E-state index contributed by atoms with van der Waals surface area (Å²) >= 11 is 1.30. The molecule has 1 saturated carbocycles. The second kappa shape index (κ2) is 6.59. The second-order valence-corrected chi connectivity index (χ2v) is 7.90. The van der Waals surface area contributed by atoms with Gasteiger partial charge in [0.1, 0.15) is 12.6 Å². The molecule has 1 aromatic carbocycles. The summed E-state index contributed by atoms with van der Waals surface area (Å²) in [7, 11) is 0. The highest BCUT2D eigenvalue weighted by atomic mass is 32.2. The first-order valence-corrected chi connectivity index (χ1v) is 9.58. The van der Waals surface area contributed by atoms with E-state index in [0.717, 1.165) is 4.90 Å². The number of imide groups is 1. The van der Waals surface area contributed by atoms with E-state index in [9.17, 15) is 29.1 Å². The Morgan fingerprint density at radius 2 is 1.79 bits per heavy atom. The fourth-order valence-electron chi connectivity index (χ4n) is 3.89. The SMILES string of the molecule is CC(=O)OCC1=C(C(=O)O)C2C(=O)[C@@H](N3C(=O)c4ccccc4C3=O)[C@H]2SC1. The third-order valence-electron chi connectivity index (χ3n) is 5.16. The monoisotopic (exact) mass is 401 g/mol. The highest BCUT2D eigenvalue weighted by molar-refractivity contribution is 8.00. The van der Waals surface area contributed by atoms with Crippen molar-refractivity contribution in [3.63, 3.8) is 0 Å². The first-order chi connectivity index (χ1) is 13.3. The number of benzene rings is 1. The Balaban J connectivity index is 1.64. The quantitative estimate of drug-likeness (QED) is 0.584. The van der Waals surface area contributed by atoms with Gasteiger partial charge in [0, 0.05) is 17.9 Å². The predicted octanol–water partition coefficient (Wildman–Crippen LogP) is 0.910. The zero-order valence-corrected chi connectivity index (χ0v) is 15.5. The Hall–Kier alpha value is -2.94. The standard InChI is InChI=1S/C19H15NO7S/c1-8(21)27-6-9-7-28-16-13(12(9)19(25)26)15(22)14(16)20-17(23)10-4-2-3-5-11(10)18(20)24/h2-5,13-14,16H,6-7H2,1H3,(H,25,26)/t13?,14-,16+/m1/s1.